The van der Waals surface area contributed by atoms with E-state index in [-0.39, 0.29) is 21.4 Å². The third-order valence-corrected chi connectivity index (χ3v) is 9.00. The van der Waals surface area contributed by atoms with Crippen LogP contribution in [0.25, 0.3) is 0 Å². The SMILES string of the molecule is CCS(=O)(=O)c1ccc(NC(=O)C23CC4CC(CC(Br)(C4)C2)C3)cc1. The van der Waals surface area contributed by atoms with Crippen LogP contribution >= 0.6 is 15.9 Å². The van der Waals surface area contributed by atoms with Gasteiger partial charge in [0.05, 0.1) is 16.1 Å². The van der Waals surface area contributed by atoms with Gasteiger partial charge in [0.25, 0.3) is 0 Å². The van der Waals surface area contributed by atoms with Crippen molar-refractivity contribution in [1.29, 1.82) is 0 Å². The van der Waals surface area contributed by atoms with E-state index in [2.05, 4.69) is 21.2 Å². The molecule has 1 aromatic rings. The van der Waals surface area contributed by atoms with Crippen LogP contribution in [0.15, 0.2) is 29.2 Å². The number of carbonyl (C=O) groups is 1. The van der Waals surface area contributed by atoms with Crippen LogP contribution in [0, 0.1) is 17.3 Å². The van der Waals surface area contributed by atoms with E-state index < -0.39 is 9.84 Å². The molecule has 1 aromatic carbocycles. The third-order valence-electron chi connectivity index (χ3n) is 6.32. The largest absolute Gasteiger partial charge is 0.326 e. The molecule has 4 aliphatic rings. The lowest BCUT2D eigenvalue weighted by Crippen LogP contribution is -2.57. The summed E-state index contributed by atoms with van der Waals surface area (Å²) in [6.07, 6.45) is 6.56. The van der Waals surface area contributed by atoms with Crippen LogP contribution in [0.3, 0.4) is 0 Å². The summed E-state index contributed by atoms with van der Waals surface area (Å²) in [5.41, 5.74) is 0.418. The first kappa shape index (κ1) is 17.5. The van der Waals surface area contributed by atoms with Gasteiger partial charge in [0.2, 0.25) is 5.91 Å². The Labute approximate surface area is 157 Å². The Morgan fingerprint density at radius 2 is 1.76 bits per heavy atom. The van der Waals surface area contributed by atoms with Crippen LogP contribution < -0.4 is 5.32 Å². The van der Waals surface area contributed by atoms with E-state index in [1.165, 1.54) is 19.3 Å². The average molecular weight is 426 g/mol. The molecular formula is C19H24BrNO3S. The maximum absolute atomic E-state index is 13.1. The minimum Gasteiger partial charge on any atom is -0.326 e. The smallest absolute Gasteiger partial charge is 0.230 e. The highest BCUT2D eigenvalue weighted by Crippen LogP contribution is 2.64. The van der Waals surface area contributed by atoms with Gasteiger partial charge in [0, 0.05) is 10.0 Å². The first-order valence-electron chi connectivity index (χ1n) is 9.07. The second kappa shape index (κ2) is 5.81. The molecule has 5 rings (SSSR count). The van der Waals surface area contributed by atoms with Crippen molar-refractivity contribution < 1.29 is 13.2 Å². The zero-order valence-corrected chi connectivity index (χ0v) is 16.8. The van der Waals surface area contributed by atoms with Crippen LogP contribution in [-0.4, -0.2) is 24.4 Å². The Morgan fingerprint density at radius 1 is 1.16 bits per heavy atom. The summed E-state index contributed by atoms with van der Waals surface area (Å²) in [5.74, 6) is 1.50. The van der Waals surface area contributed by atoms with Crippen molar-refractivity contribution in [2.24, 2.45) is 17.3 Å². The number of rotatable bonds is 4. The zero-order valence-electron chi connectivity index (χ0n) is 14.4. The molecule has 1 N–H and O–H groups in total. The van der Waals surface area contributed by atoms with Gasteiger partial charge in [-0.15, -0.1) is 0 Å². The van der Waals surface area contributed by atoms with Crippen molar-refractivity contribution in [2.45, 2.75) is 54.7 Å². The molecule has 0 aromatic heterocycles. The molecule has 0 aliphatic heterocycles. The van der Waals surface area contributed by atoms with Crippen molar-refractivity contribution in [3.05, 3.63) is 24.3 Å². The predicted molar refractivity (Wildman–Crippen MR) is 102 cm³/mol. The lowest BCUT2D eigenvalue weighted by Gasteiger charge is -2.59. The number of carbonyl (C=O) groups excluding carboxylic acids is 1. The summed E-state index contributed by atoms with van der Waals surface area (Å²) in [7, 11) is -3.21. The monoisotopic (exact) mass is 425 g/mol. The number of alkyl halides is 1. The summed E-state index contributed by atoms with van der Waals surface area (Å²) in [5, 5.41) is 3.06. The molecule has 0 radical (unpaired) electrons. The number of amides is 1. The van der Waals surface area contributed by atoms with E-state index in [0.717, 1.165) is 19.3 Å². The number of halogens is 1. The molecule has 4 nitrogen and oxygen atoms in total. The Hall–Kier alpha value is -0.880. The molecule has 1 amide bonds. The Kier molecular flexibility index (Phi) is 4.07. The van der Waals surface area contributed by atoms with Crippen molar-refractivity contribution >= 4 is 37.4 Å². The highest BCUT2D eigenvalue weighted by Gasteiger charge is 2.59. The number of nitrogens with one attached hydrogen (secondary N) is 1. The summed E-state index contributed by atoms with van der Waals surface area (Å²) in [6.45, 7) is 1.63. The number of benzene rings is 1. The van der Waals surface area contributed by atoms with Crippen molar-refractivity contribution in [3.8, 4) is 0 Å². The standard InChI is InChI=1S/C19H24BrNO3S/c1-2-25(23,24)16-5-3-15(4-6-16)21-17(22)18-8-13-7-14(9-18)11-19(20,10-13)12-18/h3-6,13-14H,2,7-12H2,1H3,(H,21,22). The van der Waals surface area contributed by atoms with Gasteiger partial charge >= 0.3 is 0 Å². The van der Waals surface area contributed by atoms with E-state index in [4.69, 9.17) is 0 Å². The van der Waals surface area contributed by atoms with Crippen LogP contribution in [0.5, 0.6) is 0 Å². The lowest BCUT2D eigenvalue weighted by atomic mass is 9.49. The highest BCUT2D eigenvalue weighted by molar-refractivity contribution is 9.10. The normalized spacial score (nSPS) is 36.4. The first-order chi connectivity index (χ1) is 11.7. The molecule has 4 bridgehead atoms. The van der Waals surface area contributed by atoms with Gasteiger partial charge in [0.15, 0.2) is 9.84 Å². The van der Waals surface area contributed by atoms with E-state index >= 15 is 0 Å². The van der Waals surface area contributed by atoms with Crippen LogP contribution in [0.2, 0.25) is 0 Å². The van der Waals surface area contributed by atoms with Gasteiger partial charge in [-0.05, 0) is 74.6 Å². The second-order valence-corrected chi connectivity index (χ2v) is 12.2. The summed E-state index contributed by atoms with van der Waals surface area (Å²) in [4.78, 5) is 13.4. The molecule has 2 unspecified atom stereocenters. The molecule has 4 aliphatic carbocycles. The van der Waals surface area contributed by atoms with E-state index in [1.54, 1.807) is 31.2 Å². The lowest BCUT2D eigenvalue weighted by molar-refractivity contribution is -0.138. The van der Waals surface area contributed by atoms with Gasteiger partial charge in [-0.1, -0.05) is 22.9 Å². The number of sulfone groups is 1. The summed E-state index contributed by atoms with van der Waals surface area (Å²) < 4.78 is 24.0. The Bertz CT molecular complexity index is 788. The molecular weight excluding hydrogens is 402 g/mol. The molecule has 136 valence electrons. The maximum atomic E-state index is 13.1. The fourth-order valence-electron chi connectivity index (χ4n) is 5.59. The Balaban J connectivity index is 1.53. The summed E-state index contributed by atoms with van der Waals surface area (Å²) in [6, 6.07) is 6.57. The van der Waals surface area contributed by atoms with E-state index in [9.17, 15) is 13.2 Å². The molecule has 0 saturated heterocycles. The molecule has 6 heteroatoms. The fraction of sp³-hybridized carbons (Fsp3) is 0.632. The van der Waals surface area contributed by atoms with Gasteiger partial charge in [-0.25, -0.2) is 8.42 Å². The second-order valence-electron chi connectivity index (χ2n) is 8.27. The number of hydrogen-bond donors (Lipinski definition) is 1. The van der Waals surface area contributed by atoms with Gasteiger partial charge in [-0.2, -0.15) is 0 Å². The molecule has 4 saturated carbocycles. The van der Waals surface area contributed by atoms with Gasteiger partial charge in [-0.3, -0.25) is 4.79 Å². The van der Waals surface area contributed by atoms with Gasteiger partial charge in [0.1, 0.15) is 0 Å². The highest BCUT2D eigenvalue weighted by atomic mass is 79.9. The average Bonchev–Trinajstić information content (AvgIpc) is 2.53. The topological polar surface area (TPSA) is 63.2 Å². The minimum atomic E-state index is -3.21. The number of hydrogen-bond acceptors (Lipinski definition) is 3. The van der Waals surface area contributed by atoms with Crippen LogP contribution in [-0.2, 0) is 14.6 Å². The van der Waals surface area contributed by atoms with Crippen molar-refractivity contribution in [3.63, 3.8) is 0 Å². The van der Waals surface area contributed by atoms with Crippen molar-refractivity contribution in [1.82, 2.24) is 0 Å². The van der Waals surface area contributed by atoms with E-state index in [0.29, 0.717) is 22.4 Å². The van der Waals surface area contributed by atoms with Crippen LogP contribution in [0.1, 0.15) is 45.4 Å². The molecule has 0 heterocycles. The predicted octanol–water partition coefficient (Wildman–Crippen LogP) is 4.15. The first-order valence-corrected chi connectivity index (χ1v) is 11.5. The van der Waals surface area contributed by atoms with Gasteiger partial charge < -0.3 is 5.32 Å². The third kappa shape index (κ3) is 3.05. The van der Waals surface area contributed by atoms with Crippen LogP contribution in [0.4, 0.5) is 5.69 Å². The fourth-order valence-corrected chi connectivity index (χ4v) is 7.93. The molecule has 4 fully saturated rings. The summed E-state index contributed by atoms with van der Waals surface area (Å²) >= 11 is 3.94. The molecule has 25 heavy (non-hydrogen) atoms. The number of anilines is 1. The molecule has 2 atom stereocenters. The Morgan fingerprint density at radius 3 is 2.28 bits per heavy atom. The maximum Gasteiger partial charge on any atom is 0.230 e. The minimum absolute atomic E-state index is 0.0813. The van der Waals surface area contributed by atoms with Crippen molar-refractivity contribution in [2.75, 3.05) is 11.1 Å². The zero-order chi connectivity index (χ0) is 17.9. The molecule has 0 spiro atoms. The van der Waals surface area contributed by atoms with E-state index in [1.807, 2.05) is 0 Å². The quantitative estimate of drug-likeness (QED) is 0.736.